The fourth-order valence-corrected chi connectivity index (χ4v) is 4.71. The fourth-order valence-electron chi connectivity index (χ4n) is 3.34. The van der Waals surface area contributed by atoms with Crippen LogP contribution in [0.3, 0.4) is 0 Å². The van der Waals surface area contributed by atoms with Gasteiger partial charge in [-0.25, -0.2) is 8.42 Å². The zero-order valence-corrected chi connectivity index (χ0v) is 18.5. The van der Waals surface area contributed by atoms with Crippen LogP contribution in [0.4, 0.5) is 0 Å². The van der Waals surface area contributed by atoms with Crippen LogP contribution in [0, 0.1) is 0 Å². The monoisotopic (exact) mass is 486 g/mol. The molecular formula is C16H31IN4O3S. The lowest BCUT2D eigenvalue weighted by Crippen LogP contribution is -2.58. The Bertz CT molecular complexity index is 586. The quantitative estimate of drug-likeness (QED) is 0.355. The lowest BCUT2D eigenvalue weighted by atomic mass is 9.95. The molecule has 0 unspecified atom stereocenters. The highest BCUT2D eigenvalue weighted by molar-refractivity contribution is 14.0. The second-order valence-electron chi connectivity index (χ2n) is 7.30. The van der Waals surface area contributed by atoms with Crippen LogP contribution in [0.5, 0.6) is 0 Å². The second kappa shape index (κ2) is 9.38. The molecule has 0 spiro atoms. The van der Waals surface area contributed by atoms with Crippen molar-refractivity contribution in [3.05, 3.63) is 0 Å². The molecule has 0 aromatic carbocycles. The van der Waals surface area contributed by atoms with Crippen molar-refractivity contribution in [3.63, 3.8) is 0 Å². The molecule has 0 aromatic heterocycles. The fraction of sp³-hybridized carbons (Fsp3) is 0.875. The van der Waals surface area contributed by atoms with Gasteiger partial charge in [-0.1, -0.05) is 19.3 Å². The van der Waals surface area contributed by atoms with Gasteiger partial charge in [-0.2, -0.15) is 0 Å². The van der Waals surface area contributed by atoms with Gasteiger partial charge in [0.2, 0.25) is 5.91 Å². The van der Waals surface area contributed by atoms with E-state index in [2.05, 4.69) is 15.6 Å². The molecule has 146 valence electrons. The van der Waals surface area contributed by atoms with Crippen molar-refractivity contribution in [1.29, 1.82) is 0 Å². The number of nitrogens with zero attached hydrogens (tertiary/aromatic N) is 2. The molecule has 9 heteroatoms. The van der Waals surface area contributed by atoms with Gasteiger partial charge in [0, 0.05) is 26.2 Å². The molecule has 0 radical (unpaired) electrons. The zero-order chi connectivity index (χ0) is 17.8. The Kier molecular flexibility index (Phi) is 8.43. The highest BCUT2D eigenvalue weighted by Crippen LogP contribution is 2.23. The van der Waals surface area contributed by atoms with Crippen molar-refractivity contribution >= 4 is 45.7 Å². The third-order valence-corrected chi connectivity index (χ3v) is 7.47. The van der Waals surface area contributed by atoms with E-state index in [0.29, 0.717) is 19.0 Å². The number of aliphatic imine (C=N–C) groups is 1. The van der Waals surface area contributed by atoms with Gasteiger partial charge < -0.3 is 15.5 Å². The van der Waals surface area contributed by atoms with Crippen molar-refractivity contribution in [2.45, 2.75) is 56.7 Å². The molecule has 7 nitrogen and oxygen atoms in total. The van der Waals surface area contributed by atoms with Crippen molar-refractivity contribution < 1.29 is 13.2 Å². The topological polar surface area (TPSA) is 90.9 Å². The van der Waals surface area contributed by atoms with Gasteiger partial charge in [-0.3, -0.25) is 9.79 Å². The summed E-state index contributed by atoms with van der Waals surface area (Å²) in [6, 6.07) is 0.286. The Morgan fingerprint density at radius 2 is 1.88 bits per heavy atom. The number of sulfone groups is 1. The van der Waals surface area contributed by atoms with Crippen LogP contribution in [-0.2, 0) is 14.6 Å². The Labute approximate surface area is 168 Å². The smallest absolute Gasteiger partial charge is 0.239 e. The molecular weight excluding hydrogens is 455 g/mol. The van der Waals surface area contributed by atoms with Crippen LogP contribution in [0.1, 0.15) is 46.0 Å². The van der Waals surface area contributed by atoms with Gasteiger partial charge in [0.25, 0.3) is 0 Å². The molecule has 2 aliphatic rings. The van der Waals surface area contributed by atoms with Crippen LogP contribution in [0.2, 0.25) is 0 Å². The van der Waals surface area contributed by atoms with E-state index in [4.69, 9.17) is 0 Å². The molecule has 25 heavy (non-hydrogen) atoms. The molecule has 1 aliphatic carbocycles. The number of halogens is 1. The van der Waals surface area contributed by atoms with Gasteiger partial charge in [0.1, 0.15) is 0 Å². The Balaban J connectivity index is 0.00000312. The van der Waals surface area contributed by atoms with Crippen molar-refractivity contribution in [2.24, 2.45) is 4.99 Å². The van der Waals surface area contributed by atoms with Crippen molar-refractivity contribution in [1.82, 2.24) is 15.5 Å². The van der Waals surface area contributed by atoms with Crippen LogP contribution in [0.25, 0.3) is 0 Å². The lowest BCUT2D eigenvalue weighted by molar-refractivity contribution is -0.120. The second-order valence-corrected chi connectivity index (χ2v) is 10.0. The highest BCUT2D eigenvalue weighted by atomic mass is 127. The molecule has 1 heterocycles. The van der Waals surface area contributed by atoms with E-state index in [-0.39, 0.29) is 48.2 Å². The summed E-state index contributed by atoms with van der Waals surface area (Å²) < 4.78 is 23.4. The molecule has 1 aliphatic heterocycles. The molecule has 2 N–H and O–H groups in total. The molecule has 0 bridgehead atoms. The van der Waals surface area contributed by atoms with Crippen LogP contribution < -0.4 is 10.6 Å². The number of hydrogen-bond donors (Lipinski definition) is 2. The van der Waals surface area contributed by atoms with E-state index >= 15 is 0 Å². The van der Waals surface area contributed by atoms with Crippen molar-refractivity contribution in [2.75, 3.05) is 32.4 Å². The Morgan fingerprint density at radius 3 is 2.44 bits per heavy atom. The van der Waals surface area contributed by atoms with E-state index in [9.17, 15) is 13.2 Å². The number of guanidine groups is 1. The average molecular weight is 486 g/mol. The van der Waals surface area contributed by atoms with Gasteiger partial charge in [0.15, 0.2) is 15.8 Å². The Hall–Kier alpha value is -0.580. The average Bonchev–Trinajstić information content (AvgIpc) is 2.52. The molecule has 0 atom stereocenters. The summed E-state index contributed by atoms with van der Waals surface area (Å²) in [5.41, 5.74) is 0. The van der Waals surface area contributed by atoms with Crippen LogP contribution in [-0.4, -0.2) is 68.4 Å². The minimum absolute atomic E-state index is 0. The zero-order valence-electron chi connectivity index (χ0n) is 15.4. The molecule has 1 amide bonds. The predicted octanol–water partition coefficient (Wildman–Crippen LogP) is 1.14. The number of amides is 1. The van der Waals surface area contributed by atoms with E-state index in [1.54, 1.807) is 20.9 Å². The molecule has 1 saturated heterocycles. The number of nitrogens with one attached hydrogen (secondary N) is 2. The number of carbonyl (C=O) groups excluding carboxylic acids is 1. The summed E-state index contributed by atoms with van der Waals surface area (Å²) >= 11 is 0. The van der Waals surface area contributed by atoms with E-state index in [1.165, 1.54) is 19.3 Å². The minimum Gasteiger partial charge on any atom is -0.352 e. The third kappa shape index (κ3) is 5.97. The standard InChI is InChI=1S/C16H30N4O3S.HI/c1-16(2)12-20(9-10-24(16,22)23)15(17-3)18-11-14(21)19-13-7-5-4-6-8-13;/h13H,4-12H2,1-3H3,(H,17,18)(H,19,21);1H. The SMILES string of the molecule is CN=C(NCC(=O)NC1CCCCC1)N1CCS(=O)(=O)C(C)(C)C1.I. The first-order valence-corrected chi connectivity index (χ1v) is 10.4. The normalized spacial score (nSPS) is 23.5. The largest absolute Gasteiger partial charge is 0.352 e. The lowest BCUT2D eigenvalue weighted by Gasteiger charge is -2.39. The molecule has 2 fully saturated rings. The molecule has 0 aromatic rings. The molecule has 1 saturated carbocycles. The van der Waals surface area contributed by atoms with Crippen molar-refractivity contribution in [3.8, 4) is 0 Å². The van der Waals surface area contributed by atoms with Gasteiger partial charge in [-0.05, 0) is 26.7 Å². The van der Waals surface area contributed by atoms with Crippen LogP contribution >= 0.6 is 24.0 Å². The number of carbonyl (C=O) groups is 1. The third-order valence-electron chi connectivity index (χ3n) is 4.93. The predicted molar refractivity (Wildman–Crippen MR) is 111 cm³/mol. The van der Waals surface area contributed by atoms with Gasteiger partial charge in [0.05, 0.1) is 17.0 Å². The number of hydrogen-bond acceptors (Lipinski definition) is 4. The highest BCUT2D eigenvalue weighted by Gasteiger charge is 2.41. The number of rotatable bonds is 3. The van der Waals surface area contributed by atoms with Gasteiger partial charge in [-0.15, -0.1) is 24.0 Å². The maximum Gasteiger partial charge on any atom is 0.239 e. The van der Waals surface area contributed by atoms with E-state index in [0.717, 1.165) is 12.8 Å². The first-order valence-electron chi connectivity index (χ1n) is 8.72. The maximum atomic E-state index is 12.1. The van der Waals surface area contributed by atoms with Gasteiger partial charge >= 0.3 is 0 Å². The summed E-state index contributed by atoms with van der Waals surface area (Å²) in [7, 11) is -1.44. The first-order chi connectivity index (χ1) is 11.2. The first kappa shape index (κ1) is 22.5. The Morgan fingerprint density at radius 1 is 1.24 bits per heavy atom. The van der Waals surface area contributed by atoms with E-state index < -0.39 is 14.6 Å². The molecule has 2 rings (SSSR count). The summed E-state index contributed by atoms with van der Waals surface area (Å²) in [6.45, 7) is 4.40. The van der Waals surface area contributed by atoms with Crippen LogP contribution in [0.15, 0.2) is 4.99 Å². The van der Waals surface area contributed by atoms with E-state index in [1.807, 2.05) is 4.90 Å². The summed E-state index contributed by atoms with van der Waals surface area (Å²) in [5.74, 6) is 0.651. The summed E-state index contributed by atoms with van der Waals surface area (Å²) in [4.78, 5) is 18.2. The summed E-state index contributed by atoms with van der Waals surface area (Å²) in [5, 5.41) is 6.12. The summed E-state index contributed by atoms with van der Waals surface area (Å²) in [6.07, 6.45) is 5.72. The maximum absolute atomic E-state index is 12.1. The minimum atomic E-state index is -3.09.